The van der Waals surface area contributed by atoms with Crippen LogP contribution in [0.2, 0.25) is 0 Å². The number of allylic oxidation sites excluding steroid dienone is 1. The van der Waals surface area contributed by atoms with E-state index in [-0.39, 0.29) is 23.6 Å². The molecule has 1 aliphatic rings. The second-order valence-electron chi connectivity index (χ2n) is 3.93. The molecule has 4 heteroatoms. The van der Waals surface area contributed by atoms with Crippen LogP contribution < -0.4 is 0 Å². The van der Waals surface area contributed by atoms with E-state index in [1.807, 2.05) is 17.5 Å². The number of hydrogen-bond acceptors (Lipinski definition) is 4. The van der Waals surface area contributed by atoms with E-state index in [1.54, 1.807) is 24.3 Å². The molecule has 3 nitrogen and oxygen atoms in total. The monoisotopic (exact) mass is 250 g/mol. The van der Waals surface area contributed by atoms with Crippen molar-refractivity contribution in [2.24, 2.45) is 5.92 Å². The molecule has 0 saturated heterocycles. The Kier molecular flexibility index (Phi) is 3.74. The first-order valence-corrected chi connectivity index (χ1v) is 6.51. The molecule has 0 aromatic carbocycles. The van der Waals surface area contributed by atoms with Gasteiger partial charge in [-0.05, 0) is 24.4 Å². The van der Waals surface area contributed by atoms with E-state index in [1.165, 1.54) is 6.08 Å². The van der Waals surface area contributed by atoms with Crippen LogP contribution in [0.3, 0.4) is 0 Å². The third-order valence-corrected chi connectivity index (χ3v) is 3.82. The second kappa shape index (κ2) is 5.27. The predicted octanol–water partition coefficient (Wildman–Crippen LogP) is 2.54. The minimum Gasteiger partial charge on any atom is -0.466 e. The van der Waals surface area contributed by atoms with Gasteiger partial charge in [-0.2, -0.15) is 0 Å². The summed E-state index contributed by atoms with van der Waals surface area (Å²) in [5.74, 6) is -0.559. The molecule has 0 bridgehead atoms. The maximum absolute atomic E-state index is 11.8. The van der Waals surface area contributed by atoms with Crippen LogP contribution >= 0.6 is 11.3 Å². The number of hydrogen-bond donors (Lipinski definition) is 0. The van der Waals surface area contributed by atoms with Crippen molar-refractivity contribution in [3.05, 3.63) is 34.5 Å². The summed E-state index contributed by atoms with van der Waals surface area (Å²) >= 11 is 1.58. The molecule has 2 unspecified atom stereocenters. The Morgan fingerprint density at radius 2 is 2.41 bits per heavy atom. The summed E-state index contributed by atoms with van der Waals surface area (Å²) in [5.41, 5.74) is 0. The molecule has 90 valence electrons. The quantitative estimate of drug-likeness (QED) is 0.774. The van der Waals surface area contributed by atoms with Crippen LogP contribution in [-0.2, 0) is 14.3 Å². The van der Waals surface area contributed by atoms with Crippen LogP contribution in [0, 0.1) is 5.92 Å². The standard InChI is InChI=1S/C13H14O3S/c1-2-16-13(15)10-6-5-9(14)8-11(10)12-4-3-7-17-12/h3-7,10-11H,2,8H2,1H3. The Labute approximate surface area is 104 Å². The average Bonchev–Trinajstić information content (AvgIpc) is 2.82. The number of thiophene rings is 1. The summed E-state index contributed by atoms with van der Waals surface area (Å²) in [6.07, 6.45) is 3.56. The van der Waals surface area contributed by atoms with Gasteiger partial charge in [0.15, 0.2) is 5.78 Å². The van der Waals surface area contributed by atoms with Gasteiger partial charge in [-0.25, -0.2) is 0 Å². The topological polar surface area (TPSA) is 43.4 Å². The first kappa shape index (κ1) is 12.0. The average molecular weight is 250 g/mol. The number of carbonyl (C=O) groups is 2. The van der Waals surface area contributed by atoms with E-state index in [2.05, 4.69) is 0 Å². The molecule has 0 radical (unpaired) electrons. The molecule has 0 saturated carbocycles. The van der Waals surface area contributed by atoms with Gasteiger partial charge in [-0.3, -0.25) is 9.59 Å². The van der Waals surface area contributed by atoms with Gasteiger partial charge in [0, 0.05) is 17.2 Å². The maximum atomic E-state index is 11.8. The first-order valence-electron chi connectivity index (χ1n) is 5.63. The van der Waals surface area contributed by atoms with Crippen molar-refractivity contribution in [2.45, 2.75) is 19.3 Å². The minimum atomic E-state index is -0.328. The number of esters is 1. The van der Waals surface area contributed by atoms with Crippen LogP contribution in [0.5, 0.6) is 0 Å². The van der Waals surface area contributed by atoms with Gasteiger partial charge in [0.2, 0.25) is 0 Å². The summed E-state index contributed by atoms with van der Waals surface area (Å²) in [4.78, 5) is 24.4. The van der Waals surface area contributed by atoms with Gasteiger partial charge < -0.3 is 4.74 Å². The van der Waals surface area contributed by atoms with Crippen molar-refractivity contribution >= 4 is 23.1 Å². The minimum absolute atomic E-state index is 0.0634. The van der Waals surface area contributed by atoms with Crippen molar-refractivity contribution in [3.8, 4) is 0 Å². The van der Waals surface area contributed by atoms with Gasteiger partial charge in [0.05, 0.1) is 12.5 Å². The van der Waals surface area contributed by atoms with Crippen molar-refractivity contribution in [1.29, 1.82) is 0 Å². The molecule has 0 spiro atoms. The van der Waals surface area contributed by atoms with Gasteiger partial charge in [0.25, 0.3) is 0 Å². The SMILES string of the molecule is CCOC(=O)C1C=CC(=O)CC1c1cccs1. The van der Waals surface area contributed by atoms with E-state index >= 15 is 0 Å². The molecule has 0 aliphatic heterocycles. The zero-order chi connectivity index (χ0) is 12.3. The number of rotatable bonds is 3. The van der Waals surface area contributed by atoms with Crippen LogP contribution in [0.25, 0.3) is 0 Å². The number of carbonyl (C=O) groups excluding carboxylic acids is 2. The lowest BCUT2D eigenvalue weighted by Crippen LogP contribution is -2.27. The largest absolute Gasteiger partial charge is 0.466 e. The van der Waals surface area contributed by atoms with E-state index in [0.717, 1.165) is 4.88 Å². The Morgan fingerprint density at radius 1 is 1.59 bits per heavy atom. The van der Waals surface area contributed by atoms with Crippen molar-refractivity contribution in [2.75, 3.05) is 6.61 Å². The third kappa shape index (κ3) is 2.64. The fraction of sp³-hybridized carbons (Fsp3) is 0.385. The van der Waals surface area contributed by atoms with Gasteiger partial charge in [-0.1, -0.05) is 12.1 Å². The van der Waals surface area contributed by atoms with Crippen LogP contribution in [0.15, 0.2) is 29.7 Å². The zero-order valence-corrected chi connectivity index (χ0v) is 10.4. The Morgan fingerprint density at radius 3 is 3.06 bits per heavy atom. The molecule has 0 amide bonds. The van der Waals surface area contributed by atoms with Crippen LogP contribution in [-0.4, -0.2) is 18.4 Å². The maximum Gasteiger partial charge on any atom is 0.313 e. The van der Waals surface area contributed by atoms with Gasteiger partial charge >= 0.3 is 5.97 Å². The summed E-state index contributed by atoms with van der Waals surface area (Å²) in [7, 11) is 0. The lowest BCUT2D eigenvalue weighted by Gasteiger charge is -2.24. The molecule has 0 N–H and O–H groups in total. The predicted molar refractivity (Wildman–Crippen MR) is 65.9 cm³/mol. The smallest absolute Gasteiger partial charge is 0.313 e. The Balaban J connectivity index is 2.24. The highest BCUT2D eigenvalue weighted by Gasteiger charge is 2.33. The molecule has 2 atom stereocenters. The first-order chi connectivity index (χ1) is 8.22. The fourth-order valence-corrected chi connectivity index (χ4v) is 2.89. The summed E-state index contributed by atoms with van der Waals surface area (Å²) in [5, 5.41) is 1.96. The Bertz CT molecular complexity index is 434. The molecule has 17 heavy (non-hydrogen) atoms. The lowest BCUT2D eigenvalue weighted by molar-refractivity contribution is -0.147. The lowest BCUT2D eigenvalue weighted by atomic mass is 9.82. The highest BCUT2D eigenvalue weighted by atomic mass is 32.1. The van der Waals surface area contributed by atoms with E-state index in [0.29, 0.717) is 13.0 Å². The fourth-order valence-electron chi connectivity index (χ4n) is 2.02. The molecular weight excluding hydrogens is 236 g/mol. The van der Waals surface area contributed by atoms with Crippen molar-refractivity contribution in [1.82, 2.24) is 0 Å². The molecule has 0 fully saturated rings. The third-order valence-electron chi connectivity index (χ3n) is 2.81. The van der Waals surface area contributed by atoms with E-state index in [4.69, 9.17) is 4.74 Å². The van der Waals surface area contributed by atoms with Gasteiger partial charge in [0.1, 0.15) is 0 Å². The number of ether oxygens (including phenoxy) is 1. The van der Waals surface area contributed by atoms with Crippen molar-refractivity contribution < 1.29 is 14.3 Å². The Hall–Kier alpha value is -1.42. The summed E-state index contributed by atoms with van der Waals surface area (Å²) in [6.45, 7) is 2.16. The van der Waals surface area contributed by atoms with E-state index < -0.39 is 0 Å². The van der Waals surface area contributed by atoms with E-state index in [9.17, 15) is 9.59 Å². The molecule has 1 aliphatic carbocycles. The normalized spacial score (nSPS) is 23.7. The van der Waals surface area contributed by atoms with Gasteiger partial charge in [-0.15, -0.1) is 11.3 Å². The highest BCUT2D eigenvalue weighted by molar-refractivity contribution is 7.10. The highest BCUT2D eigenvalue weighted by Crippen LogP contribution is 2.36. The number of ketones is 1. The molecular formula is C13H14O3S. The van der Waals surface area contributed by atoms with Crippen LogP contribution in [0.1, 0.15) is 24.1 Å². The second-order valence-corrected chi connectivity index (χ2v) is 4.91. The van der Waals surface area contributed by atoms with Crippen LogP contribution in [0.4, 0.5) is 0 Å². The zero-order valence-electron chi connectivity index (χ0n) is 9.59. The van der Waals surface area contributed by atoms with Crippen molar-refractivity contribution in [3.63, 3.8) is 0 Å². The molecule has 2 rings (SSSR count). The summed E-state index contributed by atoms with van der Waals surface area (Å²) < 4.78 is 5.05. The summed E-state index contributed by atoms with van der Waals surface area (Å²) in [6, 6.07) is 3.90. The molecule has 1 heterocycles. The molecule has 1 aromatic rings. The molecule has 1 aromatic heterocycles.